The fourth-order valence-corrected chi connectivity index (χ4v) is 2.66. The lowest BCUT2D eigenvalue weighted by atomic mass is 9.95. The number of methoxy groups -OCH3 is 1. The molecule has 0 radical (unpaired) electrons. The van der Waals surface area contributed by atoms with Gasteiger partial charge in [-0.05, 0) is 32.8 Å². The summed E-state index contributed by atoms with van der Waals surface area (Å²) < 4.78 is 7.58. The second-order valence-corrected chi connectivity index (χ2v) is 6.20. The van der Waals surface area contributed by atoms with Crippen LogP contribution in [-0.2, 0) is 11.2 Å². The highest BCUT2D eigenvalue weighted by molar-refractivity contribution is 5.04. The molecule has 1 aromatic rings. The molecule has 0 bridgehead atoms. The first kappa shape index (κ1) is 14.5. The molecule has 1 aliphatic carbocycles. The van der Waals surface area contributed by atoms with Gasteiger partial charge in [-0.3, -0.25) is 4.68 Å². The Bertz CT molecular complexity index is 394. The van der Waals surface area contributed by atoms with Gasteiger partial charge in [-0.2, -0.15) is 5.10 Å². The molecule has 2 rings (SSSR count). The number of hydrogen-bond donors (Lipinski definition) is 1. The average Bonchev–Trinajstić information content (AvgIpc) is 2.88. The van der Waals surface area contributed by atoms with E-state index in [4.69, 9.17) is 15.6 Å². The molecular weight excluding hydrogens is 238 g/mol. The molecule has 2 N–H and O–H groups in total. The van der Waals surface area contributed by atoms with Gasteiger partial charge in [0.25, 0.3) is 0 Å². The first-order valence-electron chi connectivity index (χ1n) is 7.37. The topological polar surface area (TPSA) is 53.1 Å². The minimum atomic E-state index is -0.311. The first-order chi connectivity index (χ1) is 9.03. The van der Waals surface area contributed by atoms with Crippen molar-refractivity contribution in [1.29, 1.82) is 0 Å². The van der Waals surface area contributed by atoms with E-state index in [0.29, 0.717) is 6.04 Å². The third-order valence-corrected chi connectivity index (χ3v) is 4.46. The Morgan fingerprint density at radius 2 is 2.11 bits per heavy atom. The zero-order valence-corrected chi connectivity index (χ0v) is 12.4. The highest BCUT2D eigenvalue weighted by Crippen LogP contribution is 2.27. The molecule has 4 nitrogen and oxygen atoms in total. The average molecular weight is 265 g/mol. The van der Waals surface area contributed by atoms with Gasteiger partial charge in [-0.1, -0.05) is 19.3 Å². The SMILES string of the molecule is COC(C)(C)C(N)Cc1ccn(C2CCCCC2)n1. The molecule has 19 heavy (non-hydrogen) atoms. The van der Waals surface area contributed by atoms with Gasteiger partial charge < -0.3 is 10.5 Å². The minimum Gasteiger partial charge on any atom is -0.377 e. The van der Waals surface area contributed by atoms with Crippen molar-refractivity contribution in [2.24, 2.45) is 5.73 Å². The molecule has 1 aliphatic rings. The summed E-state index contributed by atoms with van der Waals surface area (Å²) in [6, 6.07) is 2.65. The van der Waals surface area contributed by atoms with Crippen LogP contribution < -0.4 is 5.73 Å². The van der Waals surface area contributed by atoms with Gasteiger partial charge in [0.1, 0.15) is 0 Å². The maximum atomic E-state index is 6.21. The second-order valence-electron chi connectivity index (χ2n) is 6.20. The van der Waals surface area contributed by atoms with Crippen LogP contribution in [0.25, 0.3) is 0 Å². The van der Waals surface area contributed by atoms with E-state index in [1.165, 1.54) is 32.1 Å². The lowest BCUT2D eigenvalue weighted by Crippen LogP contribution is -2.46. The third kappa shape index (κ3) is 3.57. The van der Waals surface area contributed by atoms with Crippen LogP contribution in [0.3, 0.4) is 0 Å². The number of hydrogen-bond acceptors (Lipinski definition) is 3. The summed E-state index contributed by atoms with van der Waals surface area (Å²) >= 11 is 0. The van der Waals surface area contributed by atoms with Gasteiger partial charge in [0, 0.05) is 25.8 Å². The van der Waals surface area contributed by atoms with Crippen molar-refractivity contribution in [3.05, 3.63) is 18.0 Å². The number of nitrogens with zero attached hydrogens (tertiary/aromatic N) is 2. The van der Waals surface area contributed by atoms with Crippen molar-refractivity contribution >= 4 is 0 Å². The van der Waals surface area contributed by atoms with Crippen LogP contribution in [0.1, 0.15) is 57.7 Å². The number of nitrogens with two attached hydrogens (primary N) is 1. The Morgan fingerprint density at radius 1 is 1.42 bits per heavy atom. The third-order valence-electron chi connectivity index (χ3n) is 4.46. The van der Waals surface area contributed by atoms with Gasteiger partial charge >= 0.3 is 0 Å². The van der Waals surface area contributed by atoms with E-state index < -0.39 is 0 Å². The van der Waals surface area contributed by atoms with Gasteiger partial charge in [0.15, 0.2) is 0 Å². The molecule has 1 fully saturated rings. The second kappa shape index (κ2) is 6.06. The van der Waals surface area contributed by atoms with Crippen molar-refractivity contribution in [2.75, 3.05) is 7.11 Å². The largest absolute Gasteiger partial charge is 0.377 e. The predicted octanol–water partition coefficient (Wildman–Crippen LogP) is 2.68. The maximum Gasteiger partial charge on any atom is 0.0776 e. The quantitative estimate of drug-likeness (QED) is 0.890. The molecule has 0 aromatic carbocycles. The molecule has 0 spiro atoms. The van der Waals surface area contributed by atoms with Gasteiger partial charge in [0.2, 0.25) is 0 Å². The first-order valence-corrected chi connectivity index (χ1v) is 7.37. The van der Waals surface area contributed by atoms with Crippen molar-refractivity contribution in [3.63, 3.8) is 0 Å². The van der Waals surface area contributed by atoms with Crippen LogP contribution in [0.2, 0.25) is 0 Å². The maximum absolute atomic E-state index is 6.21. The number of ether oxygens (including phenoxy) is 1. The molecule has 1 unspecified atom stereocenters. The summed E-state index contributed by atoms with van der Waals surface area (Å²) in [5.74, 6) is 0. The zero-order chi connectivity index (χ0) is 13.9. The van der Waals surface area contributed by atoms with Gasteiger partial charge in [-0.15, -0.1) is 0 Å². The van der Waals surface area contributed by atoms with Crippen LogP contribution in [0, 0.1) is 0 Å². The van der Waals surface area contributed by atoms with Crippen LogP contribution in [0.5, 0.6) is 0 Å². The number of aromatic nitrogens is 2. The van der Waals surface area contributed by atoms with E-state index in [2.05, 4.69) is 16.9 Å². The molecule has 1 heterocycles. The normalized spacial score (nSPS) is 19.6. The summed E-state index contributed by atoms with van der Waals surface area (Å²) in [6.45, 7) is 4.05. The lowest BCUT2D eigenvalue weighted by molar-refractivity contribution is 0.000534. The summed E-state index contributed by atoms with van der Waals surface area (Å²) in [5, 5.41) is 4.70. The summed E-state index contributed by atoms with van der Waals surface area (Å²) in [7, 11) is 1.71. The number of rotatable bonds is 5. The smallest absolute Gasteiger partial charge is 0.0776 e. The van der Waals surface area contributed by atoms with Crippen molar-refractivity contribution in [2.45, 2.75) is 70.1 Å². The van der Waals surface area contributed by atoms with E-state index in [0.717, 1.165) is 12.1 Å². The van der Waals surface area contributed by atoms with Crippen molar-refractivity contribution < 1.29 is 4.74 Å². The summed E-state index contributed by atoms with van der Waals surface area (Å²) in [6.07, 6.45) is 9.43. The summed E-state index contributed by atoms with van der Waals surface area (Å²) in [5.41, 5.74) is 6.97. The minimum absolute atomic E-state index is 0.0350. The molecule has 0 amide bonds. The highest BCUT2D eigenvalue weighted by Gasteiger charge is 2.27. The Morgan fingerprint density at radius 3 is 2.74 bits per heavy atom. The van der Waals surface area contributed by atoms with E-state index in [1.807, 2.05) is 13.8 Å². The van der Waals surface area contributed by atoms with Crippen LogP contribution in [0.15, 0.2) is 12.3 Å². The highest BCUT2D eigenvalue weighted by atomic mass is 16.5. The van der Waals surface area contributed by atoms with Crippen molar-refractivity contribution in [1.82, 2.24) is 9.78 Å². The van der Waals surface area contributed by atoms with E-state index in [9.17, 15) is 0 Å². The van der Waals surface area contributed by atoms with E-state index in [1.54, 1.807) is 7.11 Å². The Kier molecular flexibility index (Phi) is 4.63. The molecule has 4 heteroatoms. The molecule has 1 aromatic heterocycles. The summed E-state index contributed by atoms with van der Waals surface area (Å²) in [4.78, 5) is 0. The standard InChI is InChI=1S/C15H27N3O/c1-15(2,19-3)14(16)11-12-9-10-18(17-12)13-7-5-4-6-8-13/h9-10,13-14H,4-8,11,16H2,1-3H3. The Balaban J connectivity index is 1.97. The zero-order valence-electron chi connectivity index (χ0n) is 12.4. The van der Waals surface area contributed by atoms with Gasteiger partial charge in [0.05, 0.1) is 17.3 Å². The molecule has 1 saturated carbocycles. The van der Waals surface area contributed by atoms with E-state index >= 15 is 0 Å². The van der Waals surface area contributed by atoms with Crippen LogP contribution >= 0.6 is 0 Å². The molecule has 0 aliphatic heterocycles. The molecular formula is C15H27N3O. The molecule has 108 valence electrons. The van der Waals surface area contributed by atoms with Gasteiger partial charge in [-0.25, -0.2) is 0 Å². The van der Waals surface area contributed by atoms with E-state index in [-0.39, 0.29) is 11.6 Å². The monoisotopic (exact) mass is 265 g/mol. The van der Waals surface area contributed by atoms with Crippen LogP contribution in [0.4, 0.5) is 0 Å². The van der Waals surface area contributed by atoms with Crippen molar-refractivity contribution in [3.8, 4) is 0 Å². The lowest BCUT2D eigenvalue weighted by Gasteiger charge is -2.29. The Labute approximate surface area is 116 Å². The Hall–Kier alpha value is -0.870. The predicted molar refractivity (Wildman–Crippen MR) is 77.1 cm³/mol. The molecule has 1 atom stereocenters. The molecule has 0 saturated heterocycles. The fourth-order valence-electron chi connectivity index (χ4n) is 2.66. The van der Waals surface area contributed by atoms with Crippen LogP contribution in [-0.4, -0.2) is 28.5 Å². The fraction of sp³-hybridized carbons (Fsp3) is 0.800.